The average Bonchev–Trinajstić information content (AvgIpc) is 3.63. The van der Waals surface area contributed by atoms with E-state index in [1.807, 2.05) is 43.5 Å². The van der Waals surface area contributed by atoms with Gasteiger partial charge in [-0.05, 0) is 50.5 Å². The summed E-state index contributed by atoms with van der Waals surface area (Å²) in [5.41, 5.74) is 2.46. The first-order valence-electron chi connectivity index (χ1n) is 11.5. The summed E-state index contributed by atoms with van der Waals surface area (Å²) in [5, 5.41) is 31.7. The van der Waals surface area contributed by atoms with Gasteiger partial charge in [0.2, 0.25) is 0 Å². The van der Waals surface area contributed by atoms with E-state index in [0.717, 1.165) is 33.4 Å². The normalized spacial score (nSPS) is 18.2. The number of aryl methyl sites for hydroxylation is 1. The van der Waals surface area contributed by atoms with Gasteiger partial charge in [-0.15, -0.1) is 11.3 Å². The monoisotopic (exact) mass is 498 g/mol. The van der Waals surface area contributed by atoms with Crippen molar-refractivity contribution in [2.75, 3.05) is 18.9 Å². The van der Waals surface area contributed by atoms with Crippen LogP contribution in [-0.2, 0) is 9.59 Å². The first-order valence-corrected chi connectivity index (χ1v) is 12.3. The van der Waals surface area contributed by atoms with E-state index in [0.29, 0.717) is 13.0 Å². The number of anilines is 1. The highest BCUT2D eigenvalue weighted by Gasteiger charge is 2.40. The molecule has 0 aliphatic carbocycles. The van der Waals surface area contributed by atoms with E-state index in [9.17, 15) is 19.8 Å². The summed E-state index contributed by atoms with van der Waals surface area (Å²) in [4.78, 5) is 32.8. The molecular weight excluding hydrogens is 468 g/mol. The van der Waals surface area contributed by atoms with Crippen molar-refractivity contribution < 1.29 is 19.8 Å². The Morgan fingerprint density at radius 3 is 2.57 bits per heavy atom. The Balaban J connectivity index is 1.39. The van der Waals surface area contributed by atoms with Crippen molar-refractivity contribution in [3.05, 3.63) is 58.9 Å². The number of aliphatic hydroxyl groups is 2. The minimum Gasteiger partial charge on any atom is -0.380 e. The second-order valence-corrected chi connectivity index (χ2v) is 9.77. The van der Waals surface area contributed by atoms with Crippen molar-refractivity contribution >= 4 is 28.3 Å². The zero-order valence-corrected chi connectivity index (χ0v) is 20.7. The van der Waals surface area contributed by atoms with Crippen LogP contribution in [0.2, 0.25) is 0 Å². The fraction of sp³-hybridized carbons (Fsp3) is 0.417. The van der Waals surface area contributed by atoms with E-state index < -0.39 is 30.1 Å². The molecule has 1 fully saturated rings. The van der Waals surface area contributed by atoms with Crippen molar-refractivity contribution in [2.45, 2.75) is 51.0 Å². The van der Waals surface area contributed by atoms with Crippen molar-refractivity contribution in [2.24, 2.45) is 0 Å². The molecule has 0 unspecified atom stereocenters. The number of likely N-dealkylation sites (tertiary alicyclic amines) is 1. The van der Waals surface area contributed by atoms with Crippen LogP contribution in [0, 0.1) is 6.92 Å². The third-order valence-electron chi connectivity index (χ3n) is 6.24. The Kier molecular flexibility index (Phi) is 7.48. The van der Waals surface area contributed by atoms with E-state index in [4.69, 9.17) is 0 Å². The predicted octanol–water partition coefficient (Wildman–Crippen LogP) is 1.94. The molecule has 4 atom stereocenters. The van der Waals surface area contributed by atoms with E-state index in [2.05, 4.69) is 20.7 Å². The molecule has 186 valence electrons. The highest BCUT2D eigenvalue weighted by molar-refractivity contribution is 7.15. The molecular formula is C24H30N6O4S. The summed E-state index contributed by atoms with van der Waals surface area (Å²) in [6.45, 7) is 4.14. The van der Waals surface area contributed by atoms with Crippen molar-refractivity contribution in [1.29, 1.82) is 0 Å². The van der Waals surface area contributed by atoms with E-state index in [1.54, 1.807) is 24.9 Å². The lowest BCUT2D eigenvalue weighted by atomic mass is 10.1. The van der Waals surface area contributed by atoms with Crippen LogP contribution in [0.3, 0.4) is 0 Å². The third-order valence-corrected chi connectivity index (χ3v) is 7.24. The van der Waals surface area contributed by atoms with E-state index in [1.165, 1.54) is 16.2 Å². The molecule has 3 heterocycles. The smallest absolute Gasteiger partial charge is 0.255 e. The summed E-state index contributed by atoms with van der Waals surface area (Å²) in [7, 11) is 1.78. The molecule has 2 aromatic heterocycles. The lowest BCUT2D eigenvalue weighted by molar-refractivity contribution is -0.154. The molecule has 35 heavy (non-hydrogen) atoms. The van der Waals surface area contributed by atoms with E-state index >= 15 is 0 Å². The van der Waals surface area contributed by atoms with Gasteiger partial charge in [0.25, 0.3) is 11.8 Å². The van der Waals surface area contributed by atoms with Crippen molar-refractivity contribution in [3.63, 3.8) is 0 Å². The maximum absolute atomic E-state index is 13.1. The van der Waals surface area contributed by atoms with Gasteiger partial charge in [-0.25, -0.2) is 9.67 Å². The lowest BCUT2D eigenvalue weighted by Crippen LogP contribution is -2.51. The molecule has 4 rings (SSSR count). The number of aliphatic hydroxyl groups excluding tert-OH is 2. The molecule has 0 radical (unpaired) electrons. The maximum atomic E-state index is 13.1. The van der Waals surface area contributed by atoms with Gasteiger partial charge in [-0.3, -0.25) is 9.59 Å². The van der Waals surface area contributed by atoms with Gasteiger partial charge >= 0.3 is 0 Å². The Labute approximate surface area is 207 Å². The van der Waals surface area contributed by atoms with Gasteiger partial charge in [-0.2, -0.15) is 5.10 Å². The number of nitrogens with one attached hydrogen (secondary N) is 2. The number of thiazole rings is 1. The zero-order valence-electron chi connectivity index (χ0n) is 19.9. The van der Waals surface area contributed by atoms with Crippen LogP contribution in [0.1, 0.15) is 48.0 Å². The molecule has 3 aromatic rings. The Bertz CT molecular complexity index is 1160. The largest absolute Gasteiger partial charge is 0.380 e. The summed E-state index contributed by atoms with van der Waals surface area (Å²) < 4.78 is 1.72. The number of hydrogen-bond acceptors (Lipinski definition) is 8. The number of hydrogen-bond donors (Lipinski definition) is 4. The summed E-state index contributed by atoms with van der Waals surface area (Å²) in [5.74, 6) is -1.49. The molecule has 2 amide bonds. The summed E-state index contributed by atoms with van der Waals surface area (Å²) in [6, 6.07) is 8.52. The predicted molar refractivity (Wildman–Crippen MR) is 132 cm³/mol. The van der Waals surface area contributed by atoms with Gasteiger partial charge in [-0.1, -0.05) is 12.1 Å². The minimum absolute atomic E-state index is 0.294. The topological polar surface area (TPSA) is 133 Å². The van der Waals surface area contributed by atoms with Crippen LogP contribution in [0.15, 0.2) is 42.7 Å². The number of rotatable bonds is 8. The first-order chi connectivity index (χ1) is 16.8. The summed E-state index contributed by atoms with van der Waals surface area (Å²) >= 11 is 1.50. The van der Waals surface area contributed by atoms with Gasteiger partial charge in [0.15, 0.2) is 17.3 Å². The highest BCUT2D eigenvalue weighted by atomic mass is 32.1. The highest BCUT2D eigenvalue weighted by Crippen LogP contribution is 2.37. The molecule has 0 bridgehead atoms. The molecule has 10 nitrogen and oxygen atoms in total. The first kappa shape index (κ1) is 24.8. The second kappa shape index (κ2) is 10.5. The number of carbonyl (C=O) groups is 2. The van der Waals surface area contributed by atoms with E-state index in [-0.39, 0.29) is 6.04 Å². The molecule has 0 spiro atoms. The Morgan fingerprint density at radius 1 is 1.20 bits per heavy atom. The van der Waals surface area contributed by atoms with Crippen molar-refractivity contribution in [3.8, 4) is 5.69 Å². The van der Waals surface area contributed by atoms with Crippen LogP contribution in [-0.4, -0.2) is 67.5 Å². The molecule has 4 N–H and O–H groups in total. The Morgan fingerprint density at radius 2 is 1.94 bits per heavy atom. The number of carbonyl (C=O) groups excluding carboxylic acids is 2. The van der Waals surface area contributed by atoms with Gasteiger partial charge in [0.1, 0.15) is 0 Å². The van der Waals surface area contributed by atoms with Crippen LogP contribution < -0.4 is 10.6 Å². The van der Waals surface area contributed by atoms with Gasteiger partial charge in [0.05, 0.1) is 23.5 Å². The molecule has 1 aliphatic heterocycles. The fourth-order valence-corrected chi connectivity index (χ4v) is 5.13. The number of aromatic nitrogens is 3. The average molecular weight is 499 g/mol. The lowest BCUT2D eigenvalue weighted by Gasteiger charge is -2.28. The SMILES string of the molecule is CNc1nc([C@H]2CCCN2C(=O)[C@H](O)[C@@H](O)C(=O)N[C@H](C)c2ccc(-n3cccn3)cc2)c(C)s1. The van der Waals surface area contributed by atoms with Crippen LogP contribution in [0.5, 0.6) is 0 Å². The fourth-order valence-electron chi connectivity index (χ4n) is 4.31. The molecule has 0 saturated carbocycles. The van der Waals surface area contributed by atoms with Gasteiger partial charge < -0.3 is 25.7 Å². The van der Waals surface area contributed by atoms with Crippen LogP contribution >= 0.6 is 11.3 Å². The molecule has 11 heteroatoms. The van der Waals surface area contributed by atoms with Crippen molar-refractivity contribution in [1.82, 2.24) is 25.0 Å². The number of benzene rings is 1. The summed E-state index contributed by atoms with van der Waals surface area (Å²) in [6.07, 6.45) is 1.22. The Hall–Kier alpha value is -3.28. The molecule has 1 aromatic carbocycles. The molecule has 1 aliphatic rings. The second-order valence-electron chi connectivity index (χ2n) is 8.56. The quantitative estimate of drug-likeness (QED) is 0.373. The standard InChI is InChI=1S/C24H30N6O4S/c1-14(16-7-9-17(10-8-16)30-13-5-11-26-30)27-22(33)20(31)21(32)23(34)29-12-4-6-18(29)19-15(2)35-24(25-3)28-19/h5,7-11,13-14,18,20-21,31-32H,4,6,12H2,1-3H3,(H,25,28)(H,27,33)/t14-,18-,20-,21-/m1/s1. The number of amides is 2. The van der Waals surface area contributed by atoms with Crippen LogP contribution in [0.4, 0.5) is 5.13 Å². The van der Waals surface area contributed by atoms with Crippen LogP contribution in [0.25, 0.3) is 5.69 Å². The zero-order chi connectivity index (χ0) is 25.1. The minimum atomic E-state index is -1.89. The maximum Gasteiger partial charge on any atom is 0.255 e. The number of nitrogens with zero attached hydrogens (tertiary/aromatic N) is 4. The molecule has 1 saturated heterocycles. The van der Waals surface area contributed by atoms with Gasteiger partial charge in [0, 0.05) is 30.9 Å². The third kappa shape index (κ3) is 5.21.